The first-order valence-corrected chi connectivity index (χ1v) is 12.7. The fourth-order valence-electron chi connectivity index (χ4n) is 1.80. The van der Waals surface area contributed by atoms with Crippen LogP contribution < -0.4 is 0 Å². The summed E-state index contributed by atoms with van der Waals surface area (Å²) in [6.45, 7) is 14.7. The molecule has 0 spiro atoms. The summed E-state index contributed by atoms with van der Waals surface area (Å²) < 4.78 is 28.5. The van der Waals surface area contributed by atoms with Gasteiger partial charge in [-0.3, -0.25) is 14.3 Å². The third-order valence-corrected chi connectivity index (χ3v) is 5.35. The van der Waals surface area contributed by atoms with E-state index in [1.165, 1.54) is 0 Å². The van der Waals surface area contributed by atoms with Crippen molar-refractivity contribution in [2.45, 2.75) is 39.9 Å². The first kappa shape index (κ1) is 21.5. The largest absolute Gasteiger partial charge is 0.520 e. The minimum Gasteiger partial charge on any atom is -0.520 e. The fourth-order valence-corrected chi connectivity index (χ4v) is 4.36. The van der Waals surface area contributed by atoms with Crippen molar-refractivity contribution in [3.63, 3.8) is 0 Å². The Morgan fingerprint density at radius 1 is 1.23 bits per heavy atom. The van der Waals surface area contributed by atoms with Crippen molar-refractivity contribution in [3.05, 3.63) is 12.7 Å². The molecule has 0 aliphatic heterocycles. The molecule has 0 heterocycles. The summed E-state index contributed by atoms with van der Waals surface area (Å²) in [6.07, 6.45) is 2.09. The Hall–Kier alpha value is -0.463. The first-order chi connectivity index (χ1) is 10.2. The molecule has 0 aromatic rings. The van der Waals surface area contributed by atoms with Crippen LogP contribution in [-0.4, -0.2) is 51.8 Å². The van der Waals surface area contributed by atoms with E-state index < -0.39 is 15.9 Å². The van der Waals surface area contributed by atoms with Crippen molar-refractivity contribution >= 4 is 21.9 Å². The van der Waals surface area contributed by atoms with Gasteiger partial charge in [-0.15, -0.1) is 6.58 Å². The van der Waals surface area contributed by atoms with E-state index in [1.807, 2.05) is 24.5 Å². The minimum atomic E-state index is -3.17. The highest BCUT2D eigenvalue weighted by Gasteiger charge is 2.27. The number of hydrogen-bond acceptors (Lipinski definition) is 6. The predicted octanol–water partition coefficient (Wildman–Crippen LogP) is 3.47. The van der Waals surface area contributed by atoms with Gasteiger partial charge >= 0.3 is 7.60 Å². The molecule has 0 atom stereocenters. The number of rotatable bonds is 12. The molecule has 0 aliphatic carbocycles. The lowest BCUT2D eigenvalue weighted by molar-refractivity contribution is -0.135. The average molecular weight is 351 g/mol. The van der Waals surface area contributed by atoms with Crippen LogP contribution in [0.3, 0.4) is 0 Å². The molecule has 6 nitrogen and oxygen atoms in total. The van der Waals surface area contributed by atoms with Crippen LogP contribution in [0.25, 0.3) is 0 Å². The smallest absolute Gasteiger partial charge is 0.344 e. The van der Waals surface area contributed by atoms with Gasteiger partial charge in [0.25, 0.3) is 5.97 Å². The van der Waals surface area contributed by atoms with Crippen molar-refractivity contribution in [2.24, 2.45) is 0 Å². The lowest BCUT2D eigenvalue weighted by Gasteiger charge is -2.26. The Balaban J connectivity index is 4.61. The zero-order chi connectivity index (χ0) is 17.2. The molecule has 0 fully saturated rings. The van der Waals surface area contributed by atoms with Crippen LogP contribution in [0.4, 0.5) is 0 Å². The maximum Gasteiger partial charge on any atom is 0.344 e. The highest BCUT2D eigenvalue weighted by molar-refractivity contribution is 7.53. The molecular weight excluding hydrogens is 321 g/mol. The fraction of sp³-hybridized carbons (Fsp3) is 0.786. The summed E-state index contributed by atoms with van der Waals surface area (Å²) in [5.41, 5.74) is 0. The summed E-state index contributed by atoms with van der Waals surface area (Å²) in [7, 11) is -5.05. The zero-order valence-corrected chi connectivity index (χ0v) is 16.4. The van der Waals surface area contributed by atoms with Crippen molar-refractivity contribution < 1.29 is 22.8 Å². The predicted molar refractivity (Wildman–Crippen MR) is 91.6 cm³/mol. The second-order valence-electron chi connectivity index (χ2n) is 5.79. The normalized spacial score (nSPS) is 12.5. The van der Waals surface area contributed by atoms with Gasteiger partial charge in [-0.05, 0) is 33.5 Å². The standard InChI is InChI=1S/C14H30NO5PSi/c1-7-11-15(12-10-14(16)20-22(4,5)6)13-21(17,18-8-2)19-9-3/h7H,1,8-13H2,2-6H3. The van der Waals surface area contributed by atoms with Crippen molar-refractivity contribution in [1.29, 1.82) is 0 Å². The van der Waals surface area contributed by atoms with Crippen LogP contribution in [0.5, 0.6) is 0 Å². The Morgan fingerprint density at radius 3 is 2.18 bits per heavy atom. The number of hydrogen-bond donors (Lipinski definition) is 0. The molecule has 0 saturated carbocycles. The second-order valence-corrected chi connectivity index (χ2v) is 12.2. The van der Waals surface area contributed by atoms with Gasteiger partial charge < -0.3 is 13.5 Å². The van der Waals surface area contributed by atoms with Gasteiger partial charge in [-0.25, -0.2) is 0 Å². The maximum atomic E-state index is 12.5. The SMILES string of the molecule is C=CCN(CCC(=O)O[Si](C)(C)C)CP(=O)(OCC)OCC. The van der Waals surface area contributed by atoms with Gasteiger partial charge in [0.1, 0.15) is 6.29 Å². The van der Waals surface area contributed by atoms with Crippen LogP contribution in [0.2, 0.25) is 19.6 Å². The molecular formula is C14H30NO5PSi. The summed E-state index contributed by atoms with van der Waals surface area (Å²) >= 11 is 0. The number of carbonyl (C=O) groups is 1. The molecule has 0 aromatic carbocycles. The molecule has 0 saturated heterocycles. The second kappa shape index (κ2) is 10.3. The van der Waals surface area contributed by atoms with Gasteiger partial charge in [0, 0.05) is 13.1 Å². The molecule has 0 N–H and O–H groups in total. The zero-order valence-electron chi connectivity index (χ0n) is 14.5. The molecule has 0 aromatic heterocycles. The highest BCUT2D eigenvalue weighted by atomic mass is 31.2. The number of nitrogens with zero attached hydrogens (tertiary/aromatic N) is 1. The molecule has 0 aliphatic rings. The third kappa shape index (κ3) is 10.3. The van der Waals surface area contributed by atoms with Crippen molar-refractivity contribution in [2.75, 3.05) is 32.6 Å². The van der Waals surface area contributed by atoms with E-state index in [4.69, 9.17) is 13.5 Å². The molecule has 0 radical (unpaired) electrons. The van der Waals surface area contributed by atoms with Crippen LogP contribution in [0, 0.1) is 0 Å². The first-order valence-electron chi connectivity index (χ1n) is 7.59. The molecule has 0 bridgehead atoms. The summed E-state index contributed by atoms with van der Waals surface area (Å²) in [6, 6.07) is 0. The van der Waals surface area contributed by atoms with Crippen LogP contribution in [-0.2, 0) is 22.8 Å². The Labute approximate surface area is 135 Å². The van der Waals surface area contributed by atoms with Gasteiger partial charge in [0.15, 0.2) is 0 Å². The quantitative estimate of drug-likeness (QED) is 0.305. The van der Waals surface area contributed by atoms with E-state index >= 15 is 0 Å². The van der Waals surface area contributed by atoms with E-state index in [9.17, 15) is 9.36 Å². The van der Waals surface area contributed by atoms with Crippen molar-refractivity contribution in [3.8, 4) is 0 Å². The maximum absolute atomic E-state index is 12.5. The minimum absolute atomic E-state index is 0.140. The van der Waals surface area contributed by atoms with E-state index in [0.29, 0.717) is 26.3 Å². The lowest BCUT2D eigenvalue weighted by Crippen LogP contribution is -2.33. The van der Waals surface area contributed by atoms with E-state index in [2.05, 4.69) is 6.58 Å². The molecule has 22 heavy (non-hydrogen) atoms. The lowest BCUT2D eigenvalue weighted by atomic mass is 10.4. The van der Waals surface area contributed by atoms with E-state index in [-0.39, 0.29) is 18.7 Å². The Bertz CT molecular complexity index is 387. The molecule has 8 heteroatoms. The van der Waals surface area contributed by atoms with Gasteiger partial charge in [0.2, 0.25) is 8.32 Å². The Morgan fingerprint density at radius 2 is 1.77 bits per heavy atom. The molecule has 0 unspecified atom stereocenters. The highest BCUT2D eigenvalue weighted by Crippen LogP contribution is 2.48. The topological polar surface area (TPSA) is 65.1 Å². The van der Waals surface area contributed by atoms with Crippen LogP contribution in [0.1, 0.15) is 20.3 Å². The molecule has 0 amide bonds. The van der Waals surface area contributed by atoms with Crippen molar-refractivity contribution in [1.82, 2.24) is 4.90 Å². The van der Waals surface area contributed by atoms with Crippen LogP contribution >= 0.6 is 7.60 Å². The third-order valence-electron chi connectivity index (χ3n) is 2.46. The number of carbonyl (C=O) groups excluding carboxylic acids is 1. The average Bonchev–Trinajstić information content (AvgIpc) is 2.34. The van der Waals surface area contributed by atoms with E-state index in [0.717, 1.165) is 0 Å². The monoisotopic (exact) mass is 351 g/mol. The summed E-state index contributed by atoms with van der Waals surface area (Å²) in [5.74, 6) is -0.226. The van der Waals surface area contributed by atoms with Crippen LogP contribution in [0.15, 0.2) is 12.7 Å². The molecule has 0 rings (SSSR count). The van der Waals surface area contributed by atoms with Gasteiger partial charge in [0.05, 0.1) is 19.6 Å². The van der Waals surface area contributed by atoms with E-state index in [1.54, 1.807) is 19.9 Å². The van der Waals surface area contributed by atoms with Gasteiger partial charge in [-0.2, -0.15) is 0 Å². The summed E-state index contributed by atoms with van der Waals surface area (Å²) in [5, 5.41) is 0. The summed E-state index contributed by atoms with van der Waals surface area (Å²) in [4.78, 5) is 13.7. The van der Waals surface area contributed by atoms with Gasteiger partial charge in [-0.1, -0.05) is 6.08 Å². The molecule has 130 valence electrons. The Kier molecular flexibility index (Phi) is 10.1.